The average molecular weight is 283 g/mol. The largest absolute Gasteiger partial charge is 0.465 e. The molecule has 0 aliphatic heterocycles. The van der Waals surface area contributed by atoms with Crippen LogP contribution in [-0.4, -0.2) is 17.5 Å². The third-order valence-corrected chi connectivity index (χ3v) is 2.39. The molecule has 0 heterocycles. The van der Waals surface area contributed by atoms with Crippen molar-refractivity contribution in [2.75, 3.05) is 12.3 Å². The number of ether oxygens (including phenoxy) is 1. The van der Waals surface area contributed by atoms with E-state index in [0.717, 1.165) is 0 Å². The highest BCUT2D eigenvalue weighted by Gasteiger charge is 2.14. The second-order valence-corrected chi connectivity index (χ2v) is 3.84. The standard InChI is InChI=1S/C12H11ClN2O4/c1-2-19-12(16)5-3-4-8-6-11(15(17)18)10(14)7-9(8)13/h6-7H,2,5,14H2,1H3. The Kier molecular flexibility index (Phi) is 5.15. The first-order valence-electron chi connectivity index (χ1n) is 5.33. The number of anilines is 1. The van der Waals surface area contributed by atoms with E-state index in [2.05, 4.69) is 16.6 Å². The highest BCUT2D eigenvalue weighted by molar-refractivity contribution is 6.32. The number of nitrogen functional groups attached to an aromatic ring is 1. The van der Waals surface area contributed by atoms with Crippen molar-refractivity contribution in [2.24, 2.45) is 0 Å². The number of carbonyl (C=O) groups excluding carboxylic acids is 1. The fourth-order valence-electron chi connectivity index (χ4n) is 1.25. The van der Waals surface area contributed by atoms with Gasteiger partial charge in [-0.15, -0.1) is 0 Å². The summed E-state index contributed by atoms with van der Waals surface area (Å²) in [7, 11) is 0. The van der Waals surface area contributed by atoms with Gasteiger partial charge in [-0.25, -0.2) is 0 Å². The number of nitrogens with zero attached hydrogens (tertiary/aromatic N) is 1. The van der Waals surface area contributed by atoms with E-state index in [9.17, 15) is 14.9 Å². The van der Waals surface area contributed by atoms with Gasteiger partial charge in [0.1, 0.15) is 12.1 Å². The molecule has 0 saturated heterocycles. The lowest BCUT2D eigenvalue weighted by molar-refractivity contribution is -0.383. The number of halogens is 1. The van der Waals surface area contributed by atoms with E-state index in [4.69, 9.17) is 17.3 Å². The SMILES string of the molecule is CCOC(=O)CC#Cc1cc([N+](=O)[O-])c(N)cc1Cl. The summed E-state index contributed by atoms with van der Waals surface area (Å²) in [5.41, 5.74) is 5.39. The van der Waals surface area contributed by atoms with Crippen LogP contribution in [0.25, 0.3) is 0 Å². The summed E-state index contributed by atoms with van der Waals surface area (Å²) in [6, 6.07) is 2.43. The van der Waals surface area contributed by atoms with Crippen LogP contribution in [0, 0.1) is 22.0 Å². The molecular weight excluding hydrogens is 272 g/mol. The number of hydrogen-bond donors (Lipinski definition) is 1. The van der Waals surface area contributed by atoms with Crippen LogP contribution >= 0.6 is 11.6 Å². The maximum atomic E-state index is 11.1. The number of rotatable bonds is 3. The quantitative estimate of drug-likeness (QED) is 0.301. The van der Waals surface area contributed by atoms with E-state index in [1.54, 1.807) is 6.92 Å². The Morgan fingerprint density at radius 2 is 2.26 bits per heavy atom. The molecular formula is C12H11ClN2O4. The van der Waals surface area contributed by atoms with Gasteiger partial charge in [0.05, 0.1) is 22.1 Å². The van der Waals surface area contributed by atoms with Crippen LogP contribution in [0.2, 0.25) is 5.02 Å². The first-order valence-corrected chi connectivity index (χ1v) is 5.71. The van der Waals surface area contributed by atoms with Crippen LogP contribution in [-0.2, 0) is 9.53 Å². The zero-order valence-corrected chi connectivity index (χ0v) is 10.9. The minimum Gasteiger partial charge on any atom is -0.465 e. The molecule has 0 unspecified atom stereocenters. The molecule has 1 aromatic rings. The Bertz CT molecular complexity index is 575. The number of benzene rings is 1. The van der Waals surface area contributed by atoms with Crippen molar-refractivity contribution in [3.8, 4) is 11.8 Å². The van der Waals surface area contributed by atoms with Gasteiger partial charge in [-0.1, -0.05) is 23.4 Å². The van der Waals surface area contributed by atoms with Gasteiger partial charge in [0.2, 0.25) is 0 Å². The van der Waals surface area contributed by atoms with Crippen molar-refractivity contribution in [1.82, 2.24) is 0 Å². The van der Waals surface area contributed by atoms with E-state index < -0.39 is 10.9 Å². The van der Waals surface area contributed by atoms with E-state index >= 15 is 0 Å². The summed E-state index contributed by atoms with van der Waals surface area (Å²) < 4.78 is 4.69. The predicted octanol–water partition coefficient (Wildman–Crippen LogP) is 2.14. The molecule has 0 fully saturated rings. The van der Waals surface area contributed by atoms with Crippen LogP contribution in [0.5, 0.6) is 0 Å². The van der Waals surface area contributed by atoms with E-state index in [-0.39, 0.29) is 35.0 Å². The zero-order valence-electron chi connectivity index (χ0n) is 10.1. The summed E-state index contributed by atoms with van der Waals surface area (Å²) in [6.07, 6.45) is -0.109. The first-order chi connectivity index (χ1) is 8.95. The van der Waals surface area contributed by atoms with Crippen molar-refractivity contribution in [3.05, 3.63) is 32.8 Å². The molecule has 0 aliphatic carbocycles. The summed E-state index contributed by atoms with van der Waals surface area (Å²) in [4.78, 5) is 21.2. The van der Waals surface area contributed by atoms with E-state index in [1.165, 1.54) is 12.1 Å². The topological polar surface area (TPSA) is 95.5 Å². The molecule has 0 saturated carbocycles. The highest BCUT2D eigenvalue weighted by Crippen LogP contribution is 2.28. The third kappa shape index (κ3) is 4.16. The normalized spacial score (nSPS) is 9.37. The second-order valence-electron chi connectivity index (χ2n) is 3.43. The molecule has 6 nitrogen and oxygen atoms in total. The number of nitrogens with two attached hydrogens (primary N) is 1. The first kappa shape index (κ1) is 14.8. The fraction of sp³-hybridized carbons (Fsp3) is 0.250. The van der Waals surface area contributed by atoms with Gasteiger partial charge >= 0.3 is 5.97 Å². The molecule has 1 rings (SSSR count). The highest BCUT2D eigenvalue weighted by atomic mass is 35.5. The molecule has 0 spiro atoms. The van der Waals surface area contributed by atoms with E-state index in [0.29, 0.717) is 0 Å². The number of carbonyl (C=O) groups is 1. The number of hydrogen-bond acceptors (Lipinski definition) is 5. The van der Waals surface area contributed by atoms with Crippen LogP contribution in [0.1, 0.15) is 18.9 Å². The molecule has 19 heavy (non-hydrogen) atoms. The Morgan fingerprint density at radius 3 is 2.84 bits per heavy atom. The van der Waals surface area contributed by atoms with Crippen LogP contribution < -0.4 is 5.73 Å². The monoisotopic (exact) mass is 282 g/mol. The lowest BCUT2D eigenvalue weighted by Gasteiger charge is -2.00. The van der Waals surface area contributed by atoms with Gasteiger partial charge in [-0.3, -0.25) is 14.9 Å². The minimum absolute atomic E-state index is 0.0362. The Morgan fingerprint density at radius 1 is 1.58 bits per heavy atom. The molecule has 0 bridgehead atoms. The maximum Gasteiger partial charge on any atom is 0.317 e. The van der Waals surface area contributed by atoms with Crippen molar-refractivity contribution < 1.29 is 14.5 Å². The number of esters is 1. The Labute approximate surface area is 114 Å². The lowest BCUT2D eigenvalue weighted by Crippen LogP contribution is -2.01. The van der Waals surface area contributed by atoms with Crippen LogP contribution in [0.4, 0.5) is 11.4 Å². The molecule has 100 valence electrons. The summed E-state index contributed by atoms with van der Waals surface area (Å²) >= 11 is 5.86. The average Bonchev–Trinajstić information content (AvgIpc) is 2.31. The van der Waals surface area contributed by atoms with Crippen molar-refractivity contribution in [1.29, 1.82) is 0 Å². The molecule has 0 aliphatic rings. The smallest absolute Gasteiger partial charge is 0.317 e. The van der Waals surface area contributed by atoms with Gasteiger partial charge in [-0.05, 0) is 13.0 Å². The number of nitro groups is 1. The molecule has 1 aromatic carbocycles. The Hall–Kier alpha value is -2.26. The number of nitro benzene ring substituents is 1. The summed E-state index contributed by atoms with van der Waals surface area (Å²) in [6.45, 7) is 1.96. The molecule has 0 aromatic heterocycles. The second kappa shape index (κ2) is 6.61. The third-order valence-electron chi connectivity index (χ3n) is 2.07. The van der Waals surface area contributed by atoms with Crippen molar-refractivity contribution >= 4 is 28.9 Å². The predicted molar refractivity (Wildman–Crippen MR) is 70.6 cm³/mol. The summed E-state index contributed by atoms with van der Waals surface area (Å²) in [5, 5.41) is 10.9. The van der Waals surface area contributed by atoms with Gasteiger partial charge in [0, 0.05) is 6.07 Å². The molecule has 0 radical (unpaired) electrons. The molecule has 0 amide bonds. The summed E-state index contributed by atoms with van der Waals surface area (Å²) in [5.74, 6) is 4.66. The fourth-order valence-corrected chi connectivity index (χ4v) is 1.47. The lowest BCUT2D eigenvalue weighted by atomic mass is 10.1. The molecule has 2 N–H and O–H groups in total. The van der Waals surface area contributed by atoms with Crippen molar-refractivity contribution in [2.45, 2.75) is 13.3 Å². The van der Waals surface area contributed by atoms with Gasteiger partial charge in [-0.2, -0.15) is 0 Å². The van der Waals surface area contributed by atoms with Gasteiger partial charge < -0.3 is 10.5 Å². The van der Waals surface area contributed by atoms with Gasteiger partial charge in [0.25, 0.3) is 5.69 Å². The van der Waals surface area contributed by atoms with E-state index in [1.807, 2.05) is 0 Å². The Balaban J connectivity index is 2.96. The molecule has 7 heteroatoms. The van der Waals surface area contributed by atoms with Crippen molar-refractivity contribution in [3.63, 3.8) is 0 Å². The maximum absolute atomic E-state index is 11.1. The zero-order chi connectivity index (χ0) is 14.4. The van der Waals surface area contributed by atoms with Gasteiger partial charge in [0.15, 0.2) is 0 Å². The minimum atomic E-state index is -0.623. The molecule has 0 atom stereocenters. The van der Waals surface area contributed by atoms with Crippen LogP contribution in [0.15, 0.2) is 12.1 Å². The van der Waals surface area contributed by atoms with Crippen LogP contribution in [0.3, 0.4) is 0 Å².